The first-order valence-electron chi connectivity index (χ1n) is 9.59. The molecule has 0 saturated carbocycles. The molecule has 2 aromatic rings. The Kier molecular flexibility index (Phi) is 5.79. The zero-order valence-corrected chi connectivity index (χ0v) is 17.0. The number of nitrogens with zero attached hydrogens (tertiary/aromatic N) is 3. The van der Waals surface area contributed by atoms with Gasteiger partial charge in [-0.25, -0.2) is 0 Å². The lowest BCUT2D eigenvalue weighted by atomic mass is 9.87. The average molecular weight is 380 g/mol. The second kappa shape index (κ2) is 8.10. The van der Waals surface area contributed by atoms with Gasteiger partial charge in [0.15, 0.2) is 0 Å². The van der Waals surface area contributed by atoms with Gasteiger partial charge < -0.3 is 15.1 Å². The number of piperazine rings is 1. The Bertz CT molecular complexity index is 848. The number of amides is 2. The van der Waals surface area contributed by atoms with Crippen molar-refractivity contribution in [1.29, 1.82) is 0 Å². The van der Waals surface area contributed by atoms with Crippen LogP contribution in [0.25, 0.3) is 0 Å². The molecule has 148 valence electrons. The van der Waals surface area contributed by atoms with Crippen LogP contribution in [0.3, 0.4) is 0 Å². The van der Waals surface area contributed by atoms with Crippen molar-refractivity contribution in [2.45, 2.75) is 26.2 Å². The van der Waals surface area contributed by atoms with E-state index in [1.54, 1.807) is 6.07 Å². The third-order valence-corrected chi connectivity index (χ3v) is 5.05. The number of carbonyl (C=O) groups excluding carboxylic acids is 2. The molecule has 0 spiro atoms. The predicted octanol–water partition coefficient (Wildman–Crippen LogP) is 3.02. The average Bonchev–Trinajstić information content (AvgIpc) is 2.68. The highest BCUT2D eigenvalue weighted by atomic mass is 16.2. The predicted molar refractivity (Wildman–Crippen MR) is 111 cm³/mol. The second-order valence-corrected chi connectivity index (χ2v) is 8.34. The molecule has 2 amide bonds. The number of carbonyl (C=O) groups is 2. The number of pyridine rings is 1. The van der Waals surface area contributed by atoms with E-state index in [0.717, 1.165) is 13.1 Å². The fourth-order valence-corrected chi connectivity index (χ4v) is 3.13. The number of benzene rings is 1. The number of nitrogens with one attached hydrogen (secondary N) is 1. The van der Waals surface area contributed by atoms with Crippen molar-refractivity contribution in [3.8, 4) is 0 Å². The summed E-state index contributed by atoms with van der Waals surface area (Å²) in [7, 11) is 2.04. The van der Waals surface area contributed by atoms with Crippen LogP contribution in [0.2, 0.25) is 0 Å². The highest BCUT2D eigenvalue weighted by molar-refractivity contribution is 6.05. The zero-order valence-electron chi connectivity index (χ0n) is 17.0. The fraction of sp³-hybridized carbons (Fsp3) is 0.409. The number of hydrogen-bond acceptors (Lipinski definition) is 4. The monoisotopic (exact) mass is 380 g/mol. The molecule has 3 rings (SSSR count). The van der Waals surface area contributed by atoms with Crippen LogP contribution in [0.1, 0.15) is 47.1 Å². The molecule has 6 heteroatoms. The number of hydrogen-bond donors (Lipinski definition) is 1. The van der Waals surface area contributed by atoms with E-state index in [1.807, 2.05) is 36.2 Å². The topological polar surface area (TPSA) is 65.5 Å². The van der Waals surface area contributed by atoms with Crippen LogP contribution < -0.4 is 5.32 Å². The molecule has 0 atom stereocenters. The van der Waals surface area contributed by atoms with E-state index >= 15 is 0 Å². The van der Waals surface area contributed by atoms with E-state index in [1.165, 1.54) is 18.0 Å². The minimum Gasteiger partial charge on any atom is -0.336 e. The Morgan fingerprint density at radius 3 is 2.18 bits per heavy atom. The molecule has 1 fully saturated rings. The van der Waals surface area contributed by atoms with E-state index in [4.69, 9.17) is 0 Å². The summed E-state index contributed by atoms with van der Waals surface area (Å²) in [5.41, 5.74) is 2.80. The number of aromatic nitrogens is 1. The van der Waals surface area contributed by atoms with Gasteiger partial charge in [-0.3, -0.25) is 14.6 Å². The van der Waals surface area contributed by atoms with Crippen molar-refractivity contribution in [2.75, 3.05) is 38.5 Å². The quantitative estimate of drug-likeness (QED) is 0.889. The number of anilines is 1. The highest BCUT2D eigenvalue weighted by Crippen LogP contribution is 2.23. The molecule has 0 radical (unpaired) electrons. The molecule has 1 aliphatic rings. The molecular weight excluding hydrogens is 352 g/mol. The minimum absolute atomic E-state index is 0.0599. The molecule has 0 unspecified atom stereocenters. The van der Waals surface area contributed by atoms with Crippen LogP contribution in [0.5, 0.6) is 0 Å². The molecule has 1 N–H and O–H groups in total. The van der Waals surface area contributed by atoms with E-state index < -0.39 is 0 Å². The lowest BCUT2D eigenvalue weighted by Gasteiger charge is -2.32. The van der Waals surface area contributed by atoms with Gasteiger partial charge in [-0.05, 0) is 36.2 Å². The van der Waals surface area contributed by atoms with Crippen LogP contribution in [0, 0.1) is 0 Å². The molecule has 1 saturated heterocycles. The number of rotatable bonds is 3. The van der Waals surface area contributed by atoms with Gasteiger partial charge in [0.05, 0.1) is 11.1 Å². The first-order chi connectivity index (χ1) is 13.2. The molecule has 1 aromatic carbocycles. The summed E-state index contributed by atoms with van der Waals surface area (Å²) < 4.78 is 0. The summed E-state index contributed by atoms with van der Waals surface area (Å²) in [4.78, 5) is 33.4. The summed E-state index contributed by atoms with van der Waals surface area (Å²) in [5.74, 6) is -0.353. The van der Waals surface area contributed by atoms with Crippen LogP contribution in [-0.4, -0.2) is 59.8 Å². The molecule has 0 bridgehead atoms. The van der Waals surface area contributed by atoms with Crippen molar-refractivity contribution in [3.63, 3.8) is 0 Å². The van der Waals surface area contributed by atoms with Crippen molar-refractivity contribution in [3.05, 3.63) is 59.4 Å². The Balaban J connectivity index is 1.69. The molecular formula is C22H28N4O2. The third kappa shape index (κ3) is 4.75. The van der Waals surface area contributed by atoms with Gasteiger partial charge in [-0.2, -0.15) is 0 Å². The summed E-state index contributed by atoms with van der Waals surface area (Å²) in [6.07, 6.45) is 3.01. The maximum Gasteiger partial charge on any atom is 0.257 e. The first-order valence-corrected chi connectivity index (χ1v) is 9.59. The molecule has 0 aliphatic carbocycles. The van der Waals surface area contributed by atoms with Gasteiger partial charge in [0, 0.05) is 44.3 Å². The summed E-state index contributed by atoms with van der Waals surface area (Å²) in [6, 6.07) is 9.44. The van der Waals surface area contributed by atoms with E-state index in [0.29, 0.717) is 29.9 Å². The van der Waals surface area contributed by atoms with Gasteiger partial charge in [-0.1, -0.05) is 32.9 Å². The van der Waals surface area contributed by atoms with Crippen molar-refractivity contribution < 1.29 is 9.59 Å². The molecule has 6 nitrogen and oxygen atoms in total. The normalized spacial score (nSPS) is 15.4. The first kappa shape index (κ1) is 20.0. The summed E-state index contributed by atoms with van der Waals surface area (Å²) >= 11 is 0. The van der Waals surface area contributed by atoms with E-state index in [-0.39, 0.29) is 17.2 Å². The zero-order chi connectivity index (χ0) is 20.3. The molecule has 2 heterocycles. The van der Waals surface area contributed by atoms with Crippen molar-refractivity contribution in [1.82, 2.24) is 14.8 Å². The van der Waals surface area contributed by atoms with E-state index in [2.05, 4.69) is 36.0 Å². The number of likely N-dealkylation sites (N-methyl/N-ethyl adjacent to an activating group) is 1. The Morgan fingerprint density at radius 2 is 1.57 bits per heavy atom. The van der Waals surface area contributed by atoms with Gasteiger partial charge >= 0.3 is 0 Å². The van der Waals surface area contributed by atoms with Gasteiger partial charge in [0.2, 0.25) is 0 Å². The third-order valence-electron chi connectivity index (χ3n) is 5.05. The Hall–Kier alpha value is -2.73. The lowest BCUT2D eigenvalue weighted by molar-refractivity contribution is 0.0663. The molecule has 28 heavy (non-hydrogen) atoms. The lowest BCUT2D eigenvalue weighted by Crippen LogP contribution is -2.47. The highest BCUT2D eigenvalue weighted by Gasteiger charge is 2.21. The molecule has 1 aromatic heterocycles. The van der Waals surface area contributed by atoms with Crippen molar-refractivity contribution in [2.24, 2.45) is 0 Å². The smallest absolute Gasteiger partial charge is 0.257 e. The SMILES string of the molecule is CN1CCN(C(=O)c2cncc(C(=O)Nc3ccc(C(C)(C)C)cc3)c2)CC1. The maximum absolute atomic E-state index is 12.7. The Labute approximate surface area is 166 Å². The van der Waals surface area contributed by atoms with E-state index in [9.17, 15) is 9.59 Å². The Morgan fingerprint density at radius 1 is 0.964 bits per heavy atom. The standard InChI is InChI=1S/C22H28N4O2/c1-22(2,3)18-5-7-19(8-6-18)24-20(27)16-13-17(15-23-14-16)21(28)26-11-9-25(4)10-12-26/h5-8,13-15H,9-12H2,1-4H3,(H,24,27). The molecule has 1 aliphatic heterocycles. The van der Waals surface area contributed by atoms with Crippen LogP contribution in [-0.2, 0) is 5.41 Å². The van der Waals surface area contributed by atoms with Gasteiger partial charge in [-0.15, -0.1) is 0 Å². The minimum atomic E-state index is -0.274. The maximum atomic E-state index is 12.7. The van der Waals surface area contributed by atoms with Crippen LogP contribution in [0.4, 0.5) is 5.69 Å². The van der Waals surface area contributed by atoms with Crippen LogP contribution in [0.15, 0.2) is 42.7 Å². The van der Waals surface area contributed by atoms with Crippen LogP contribution >= 0.6 is 0 Å². The second-order valence-electron chi connectivity index (χ2n) is 8.34. The summed E-state index contributed by atoms with van der Waals surface area (Å²) in [5, 5.41) is 2.88. The van der Waals surface area contributed by atoms with Crippen molar-refractivity contribution >= 4 is 17.5 Å². The summed E-state index contributed by atoms with van der Waals surface area (Å²) in [6.45, 7) is 9.52. The fourth-order valence-electron chi connectivity index (χ4n) is 3.13. The van der Waals surface area contributed by atoms with Gasteiger partial charge in [0.25, 0.3) is 11.8 Å². The van der Waals surface area contributed by atoms with Gasteiger partial charge in [0.1, 0.15) is 0 Å². The largest absolute Gasteiger partial charge is 0.336 e.